The van der Waals surface area contributed by atoms with Crippen molar-refractivity contribution in [3.05, 3.63) is 23.9 Å². The van der Waals surface area contributed by atoms with Crippen LogP contribution in [0.2, 0.25) is 0 Å². The largest absolute Gasteiger partial charge is 0.354 e. The molecular weight excluding hydrogens is 248 g/mol. The van der Waals surface area contributed by atoms with Crippen LogP contribution in [-0.4, -0.2) is 48.1 Å². The molecular formula is C16H26N4. The molecule has 110 valence electrons. The van der Waals surface area contributed by atoms with E-state index in [4.69, 9.17) is 5.73 Å². The first-order valence-corrected chi connectivity index (χ1v) is 7.96. The summed E-state index contributed by atoms with van der Waals surface area (Å²) in [4.78, 5) is 9.77. The Balaban J connectivity index is 1.76. The van der Waals surface area contributed by atoms with Crippen LogP contribution in [0.5, 0.6) is 0 Å². The Morgan fingerprint density at radius 2 is 2.30 bits per heavy atom. The molecule has 3 heterocycles. The van der Waals surface area contributed by atoms with E-state index in [9.17, 15) is 0 Å². The van der Waals surface area contributed by atoms with Crippen molar-refractivity contribution in [1.29, 1.82) is 0 Å². The van der Waals surface area contributed by atoms with Gasteiger partial charge in [-0.2, -0.15) is 0 Å². The Bertz CT molecular complexity index is 448. The van der Waals surface area contributed by atoms with Gasteiger partial charge in [-0.25, -0.2) is 4.98 Å². The van der Waals surface area contributed by atoms with Crippen LogP contribution in [0.1, 0.15) is 31.7 Å². The third-order valence-electron chi connectivity index (χ3n) is 4.76. The van der Waals surface area contributed by atoms with E-state index < -0.39 is 0 Å². The summed E-state index contributed by atoms with van der Waals surface area (Å²) in [6.07, 6.45) is 6.56. The fourth-order valence-corrected chi connectivity index (χ4v) is 3.48. The molecule has 1 aromatic heterocycles. The number of hydrogen-bond acceptors (Lipinski definition) is 4. The van der Waals surface area contributed by atoms with E-state index in [1.807, 2.05) is 12.3 Å². The molecule has 0 amide bonds. The lowest BCUT2D eigenvalue weighted by atomic mass is 10.0. The first-order chi connectivity index (χ1) is 9.78. The Morgan fingerprint density at radius 1 is 1.40 bits per heavy atom. The highest BCUT2D eigenvalue weighted by atomic mass is 15.3. The second kappa shape index (κ2) is 6.10. The van der Waals surface area contributed by atoms with Crippen LogP contribution in [0, 0.1) is 0 Å². The van der Waals surface area contributed by atoms with Gasteiger partial charge in [-0.05, 0) is 43.9 Å². The number of anilines is 1. The van der Waals surface area contributed by atoms with Crippen molar-refractivity contribution in [2.75, 3.05) is 31.1 Å². The van der Waals surface area contributed by atoms with Gasteiger partial charge >= 0.3 is 0 Å². The second-order valence-corrected chi connectivity index (χ2v) is 6.14. The predicted octanol–water partition coefficient (Wildman–Crippen LogP) is 1.65. The van der Waals surface area contributed by atoms with Crippen LogP contribution < -0.4 is 10.6 Å². The van der Waals surface area contributed by atoms with Crippen molar-refractivity contribution in [3.63, 3.8) is 0 Å². The lowest BCUT2D eigenvalue weighted by Crippen LogP contribution is -2.50. The van der Waals surface area contributed by atoms with Crippen LogP contribution in [0.25, 0.3) is 0 Å². The first kappa shape index (κ1) is 13.8. The van der Waals surface area contributed by atoms with Gasteiger partial charge in [0.25, 0.3) is 0 Å². The van der Waals surface area contributed by atoms with Crippen LogP contribution in [0.15, 0.2) is 18.3 Å². The summed E-state index contributed by atoms with van der Waals surface area (Å²) >= 11 is 0. The van der Waals surface area contributed by atoms with Gasteiger partial charge in [0.2, 0.25) is 0 Å². The van der Waals surface area contributed by atoms with E-state index in [1.54, 1.807) is 0 Å². The van der Waals surface area contributed by atoms with Crippen LogP contribution in [0.3, 0.4) is 0 Å². The zero-order valence-corrected chi connectivity index (χ0v) is 12.5. The molecule has 3 rings (SSSR count). The van der Waals surface area contributed by atoms with E-state index in [-0.39, 0.29) is 6.04 Å². The van der Waals surface area contributed by atoms with Crippen molar-refractivity contribution in [2.24, 2.45) is 5.73 Å². The summed E-state index contributed by atoms with van der Waals surface area (Å²) < 4.78 is 0. The van der Waals surface area contributed by atoms with Gasteiger partial charge in [0.15, 0.2) is 0 Å². The normalized spacial score (nSPS) is 24.7. The fraction of sp³-hybridized carbons (Fsp3) is 0.688. The van der Waals surface area contributed by atoms with E-state index in [0.29, 0.717) is 0 Å². The molecule has 0 saturated carbocycles. The smallest absolute Gasteiger partial charge is 0.131 e. The molecule has 0 aromatic carbocycles. The maximum absolute atomic E-state index is 6.13. The van der Waals surface area contributed by atoms with Gasteiger partial charge in [-0.15, -0.1) is 0 Å². The summed E-state index contributed by atoms with van der Waals surface area (Å²) in [5.41, 5.74) is 7.45. The molecule has 0 spiro atoms. The lowest BCUT2D eigenvalue weighted by molar-refractivity contribution is 0.230. The number of piperazine rings is 1. The van der Waals surface area contributed by atoms with Crippen LogP contribution in [0.4, 0.5) is 5.82 Å². The van der Waals surface area contributed by atoms with Gasteiger partial charge in [0.05, 0.1) is 0 Å². The molecule has 0 bridgehead atoms. The van der Waals surface area contributed by atoms with Gasteiger partial charge in [-0.3, -0.25) is 4.90 Å². The zero-order chi connectivity index (χ0) is 13.9. The molecule has 2 atom stereocenters. The number of aromatic nitrogens is 1. The molecule has 2 saturated heterocycles. The monoisotopic (exact) mass is 274 g/mol. The van der Waals surface area contributed by atoms with Crippen LogP contribution >= 0.6 is 0 Å². The van der Waals surface area contributed by atoms with Gasteiger partial charge in [0.1, 0.15) is 5.82 Å². The minimum absolute atomic E-state index is 0.241. The predicted molar refractivity (Wildman–Crippen MR) is 83.0 cm³/mol. The molecule has 2 N–H and O–H groups in total. The average Bonchev–Trinajstić information content (AvgIpc) is 2.95. The standard InChI is InChI=1S/C16H26N4/c1-2-14(17)11-13-5-3-7-18-16(13)20-10-9-19-8-4-6-15(19)12-20/h3,5,7,14-15H,2,4,6,8-12,17H2,1H3. The Labute approximate surface area is 122 Å². The van der Waals surface area contributed by atoms with Crippen molar-refractivity contribution >= 4 is 5.82 Å². The molecule has 4 nitrogen and oxygen atoms in total. The molecule has 1 aromatic rings. The highest BCUT2D eigenvalue weighted by Crippen LogP contribution is 2.26. The summed E-state index contributed by atoms with van der Waals surface area (Å²) in [6.45, 7) is 6.85. The Morgan fingerprint density at radius 3 is 3.15 bits per heavy atom. The van der Waals surface area contributed by atoms with E-state index in [0.717, 1.165) is 32.0 Å². The minimum atomic E-state index is 0.241. The van der Waals surface area contributed by atoms with Gasteiger partial charge < -0.3 is 10.6 Å². The van der Waals surface area contributed by atoms with Crippen molar-refractivity contribution in [1.82, 2.24) is 9.88 Å². The number of pyridine rings is 1. The van der Waals surface area contributed by atoms with Crippen LogP contribution in [-0.2, 0) is 6.42 Å². The molecule has 2 fully saturated rings. The Hall–Kier alpha value is -1.13. The second-order valence-electron chi connectivity index (χ2n) is 6.14. The summed E-state index contributed by atoms with van der Waals surface area (Å²) in [7, 11) is 0. The highest BCUT2D eigenvalue weighted by Gasteiger charge is 2.31. The minimum Gasteiger partial charge on any atom is -0.354 e. The number of hydrogen-bond donors (Lipinski definition) is 1. The zero-order valence-electron chi connectivity index (χ0n) is 12.5. The summed E-state index contributed by atoms with van der Waals surface area (Å²) in [6, 6.07) is 5.20. The molecule has 20 heavy (non-hydrogen) atoms. The molecule has 2 unspecified atom stereocenters. The third-order valence-corrected chi connectivity index (χ3v) is 4.76. The molecule has 0 radical (unpaired) electrons. The van der Waals surface area contributed by atoms with Gasteiger partial charge in [0, 0.05) is 37.9 Å². The van der Waals surface area contributed by atoms with Crippen molar-refractivity contribution < 1.29 is 0 Å². The number of nitrogens with zero attached hydrogens (tertiary/aromatic N) is 3. The number of rotatable bonds is 4. The highest BCUT2D eigenvalue weighted by molar-refractivity contribution is 5.48. The van der Waals surface area contributed by atoms with E-state index >= 15 is 0 Å². The molecule has 2 aliphatic heterocycles. The topological polar surface area (TPSA) is 45.4 Å². The van der Waals surface area contributed by atoms with Gasteiger partial charge in [-0.1, -0.05) is 13.0 Å². The maximum atomic E-state index is 6.13. The van der Waals surface area contributed by atoms with Crippen molar-refractivity contribution in [2.45, 2.75) is 44.7 Å². The van der Waals surface area contributed by atoms with Crippen molar-refractivity contribution in [3.8, 4) is 0 Å². The van der Waals surface area contributed by atoms with E-state index in [1.165, 1.54) is 37.3 Å². The number of nitrogens with two attached hydrogens (primary N) is 1. The maximum Gasteiger partial charge on any atom is 0.131 e. The fourth-order valence-electron chi connectivity index (χ4n) is 3.48. The molecule has 0 aliphatic carbocycles. The third kappa shape index (κ3) is 2.81. The quantitative estimate of drug-likeness (QED) is 0.907. The van der Waals surface area contributed by atoms with E-state index in [2.05, 4.69) is 27.8 Å². The molecule has 4 heteroatoms. The lowest BCUT2D eigenvalue weighted by Gasteiger charge is -2.39. The Kier molecular flexibility index (Phi) is 4.22. The average molecular weight is 274 g/mol. The summed E-state index contributed by atoms with van der Waals surface area (Å²) in [5.74, 6) is 1.17. The number of fused-ring (bicyclic) bond motifs is 1. The SMILES string of the molecule is CCC(N)Cc1cccnc1N1CCN2CCCC2C1. The molecule has 2 aliphatic rings. The summed E-state index contributed by atoms with van der Waals surface area (Å²) in [5, 5.41) is 0. The first-order valence-electron chi connectivity index (χ1n) is 7.96.